The second-order valence-electron chi connectivity index (χ2n) is 5.01. The van der Waals surface area contributed by atoms with Gasteiger partial charge in [0.25, 0.3) is 0 Å². The van der Waals surface area contributed by atoms with Crippen LogP contribution in [0.3, 0.4) is 0 Å². The number of hydrogen-bond acceptors (Lipinski definition) is 3. The number of rotatable bonds is 2. The van der Waals surface area contributed by atoms with E-state index in [-0.39, 0.29) is 5.28 Å². The molecular formula is C15H15Cl2N3. The topological polar surface area (TPSA) is 29.0 Å². The van der Waals surface area contributed by atoms with Crippen LogP contribution in [0.1, 0.15) is 23.2 Å². The molecule has 104 valence electrons. The Morgan fingerprint density at radius 3 is 2.70 bits per heavy atom. The van der Waals surface area contributed by atoms with Gasteiger partial charge in [-0.3, -0.25) is 4.90 Å². The Hall–Kier alpha value is -1.16. The summed E-state index contributed by atoms with van der Waals surface area (Å²) in [7, 11) is 0. The molecule has 0 unspecified atom stereocenters. The smallest absolute Gasteiger partial charge is 0.224 e. The molecule has 20 heavy (non-hydrogen) atoms. The number of hydrogen-bond donors (Lipinski definition) is 0. The maximum atomic E-state index is 6.17. The van der Waals surface area contributed by atoms with Gasteiger partial charge in [-0.2, -0.15) is 0 Å². The highest BCUT2D eigenvalue weighted by molar-refractivity contribution is 6.32. The van der Waals surface area contributed by atoms with Crippen molar-refractivity contribution in [2.75, 3.05) is 6.54 Å². The quantitative estimate of drug-likeness (QED) is 0.625. The summed E-state index contributed by atoms with van der Waals surface area (Å²) in [6.07, 6.45) is 1.97. The number of benzene rings is 1. The van der Waals surface area contributed by atoms with E-state index in [1.54, 1.807) is 0 Å². The average Bonchev–Trinajstić information content (AvgIpc) is 2.62. The highest BCUT2D eigenvalue weighted by Crippen LogP contribution is 2.25. The molecule has 0 spiro atoms. The van der Waals surface area contributed by atoms with Gasteiger partial charge >= 0.3 is 0 Å². The Morgan fingerprint density at radius 1 is 1.10 bits per heavy atom. The van der Waals surface area contributed by atoms with E-state index < -0.39 is 0 Å². The third-order valence-electron chi connectivity index (χ3n) is 3.54. The molecule has 0 bridgehead atoms. The summed E-state index contributed by atoms with van der Waals surface area (Å²) < 4.78 is 0. The molecule has 1 aliphatic heterocycles. The van der Waals surface area contributed by atoms with Gasteiger partial charge in [-0.05, 0) is 36.6 Å². The summed E-state index contributed by atoms with van der Waals surface area (Å²) in [6, 6.07) is 10.5. The van der Waals surface area contributed by atoms with Crippen molar-refractivity contribution in [3.63, 3.8) is 0 Å². The third-order valence-corrected chi connectivity index (χ3v) is 4.02. The lowest BCUT2D eigenvalue weighted by Crippen LogP contribution is -2.23. The Morgan fingerprint density at radius 2 is 1.90 bits per heavy atom. The minimum Gasteiger partial charge on any atom is -0.293 e. The maximum absolute atomic E-state index is 6.17. The van der Waals surface area contributed by atoms with Gasteiger partial charge in [0.2, 0.25) is 5.28 Å². The van der Waals surface area contributed by atoms with E-state index in [2.05, 4.69) is 39.1 Å². The van der Waals surface area contributed by atoms with Crippen LogP contribution in [0.5, 0.6) is 0 Å². The molecule has 0 saturated carbocycles. The first-order valence-electron chi connectivity index (χ1n) is 6.69. The zero-order chi connectivity index (χ0) is 13.9. The molecule has 3 rings (SSSR count). The van der Waals surface area contributed by atoms with E-state index in [0.29, 0.717) is 5.15 Å². The second kappa shape index (κ2) is 6.08. The molecule has 0 atom stereocenters. The maximum Gasteiger partial charge on any atom is 0.224 e. The molecular weight excluding hydrogens is 293 g/mol. The summed E-state index contributed by atoms with van der Waals surface area (Å²) in [5, 5.41) is 0.733. The Kier molecular flexibility index (Phi) is 4.20. The zero-order valence-corrected chi connectivity index (χ0v) is 12.5. The minimum atomic E-state index is 0.232. The molecule has 5 heteroatoms. The van der Waals surface area contributed by atoms with E-state index in [4.69, 9.17) is 23.2 Å². The van der Waals surface area contributed by atoms with E-state index in [1.165, 1.54) is 5.56 Å². The summed E-state index contributed by atoms with van der Waals surface area (Å²) in [5.74, 6) is 0. The highest BCUT2D eigenvalue weighted by atomic mass is 35.5. The van der Waals surface area contributed by atoms with Crippen LogP contribution in [0.15, 0.2) is 30.3 Å². The number of halogens is 2. The molecule has 3 nitrogen and oxygen atoms in total. The Labute approximate surface area is 128 Å². The number of nitrogens with zero attached hydrogens (tertiary/aromatic N) is 3. The Bertz CT molecular complexity index is 602. The summed E-state index contributed by atoms with van der Waals surface area (Å²) >= 11 is 12.1. The van der Waals surface area contributed by atoms with Gasteiger partial charge in [-0.1, -0.05) is 41.9 Å². The highest BCUT2D eigenvalue weighted by Gasteiger charge is 2.19. The first kappa shape index (κ1) is 13.8. The van der Waals surface area contributed by atoms with Crippen LogP contribution in [-0.4, -0.2) is 21.4 Å². The standard InChI is InChI=1S/C15H15Cl2N3/c16-14-12-7-4-8-20(9-11-5-2-1-3-6-11)10-13(12)18-15(17)19-14/h1-3,5-6H,4,7-10H2. The molecule has 0 saturated heterocycles. The fourth-order valence-corrected chi connectivity index (χ4v) is 3.11. The van der Waals surface area contributed by atoms with Crippen molar-refractivity contribution in [2.24, 2.45) is 0 Å². The van der Waals surface area contributed by atoms with Crippen LogP contribution in [0.25, 0.3) is 0 Å². The molecule has 2 aromatic rings. The molecule has 0 fully saturated rings. The first-order valence-corrected chi connectivity index (χ1v) is 7.45. The predicted octanol–water partition coefficient (Wildman–Crippen LogP) is 3.73. The van der Waals surface area contributed by atoms with Crippen LogP contribution in [0.4, 0.5) is 0 Å². The molecule has 0 amide bonds. The molecule has 0 radical (unpaired) electrons. The molecule has 1 aromatic carbocycles. The van der Waals surface area contributed by atoms with Gasteiger partial charge in [0.05, 0.1) is 5.69 Å². The summed E-state index contributed by atoms with van der Waals surface area (Å²) in [4.78, 5) is 10.8. The summed E-state index contributed by atoms with van der Waals surface area (Å²) in [5.41, 5.74) is 3.32. The normalized spacial score (nSPS) is 15.7. The number of aromatic nitrogens is 2. The Balaban J connectivity index is 1.82. The largest absolute Gasteiger partial charge is 0.293 e. The SMILES string of the molecule is Clc1nc(Cl)c2c(n1)CN(Cc1ccccc1)CCC2. The van der Waals surface area contributed by atoms with Gasteiger partial charge in [-0.15, -0.1) is 0 Å². The van der Waals surface area contributed by atoms with E-state index in [9.17, 15) is 0 Å². The first-order chi connectivity index (χ1) is 9.72. The van der Waals surface area contributed by atoms with Crippen LogP contribution in [0, 0.1) is 0 Å². The average molecular weight is 308 g/mol. The van der Waals surface area contributed by atoms with Crippen molar-refractivity contribution in [1.82, 2.24) is 14.9 Å². The van der Waals surface area contributed by atoms with Crippen molar-refractivity contribution >= 4 is 23.2 Å². The van der Waals surface area contributed by atoms with Gasteiger partial charge in [-0.25, -0.2) is 9.97 Å². The van der Waals surface area contributed by atoms with Gasteiger partial charge in [0, 0.05) is 18.7 Å². The van der Waals surface area contributed by atoms with Crippen molar-refractivity contribution in [1.29, 1.82) is 0 Å². The fourth-order valence-electron chi connectivity index (χ4n) is 2.60. The monoisotopic (exact) mass is 307 g/mol. The van der Waals surface area contributed by atoms with Crippen LogP contribution in [-0.2, 0) is 19.5 Å². The molecule has 0 N–H and O–H groups in total. The van der Waals surface area contributed by atoms with Crippen molar-refractivity contribution in [2.45, 2.75) is 25.9 Å². The molecule has 2 heterocycles. The van der Waals surface area contributed by atoms with Crippen molar-refractivity contribution in [3.8, 4) is 0 Å². The molecule has 0 aliphatic carbocycles. The second-order valence-corrected chi connectivity index (χ2v) is 5.70. The zero-order valence-electron chi connectivity index (χ0n) is 11.0. The summed E-state index contributed by atoms with van der Waals surface area (Å²) in [6.45, 7) is 2.71. The van der Waals surface area contributed by atoms with Gasteiger partial charge in [0.1, 0.15) is 5.15 Å². The van der Waals surface area contributed by atoms with Gasteiger partial charge in [0.15, 0.2) is 0 Å². The predicted molar refractivity (Wildman–Crippen MR) is 80.9 cm³/mol. The van der Waals surface area contributed by atoms with Crippen LogP contribution < -0.4 is 0 Å². The number of fused-ring (bicyclic) bond motifs is 1. The van der Waals surface area contributed by atoms with Crippen LogP contribution >= 0.6 is 23.2 Å². The fraction of sp³-hybridized carbons (Fsp3) is 0.333. The molecule has 1 aliphatic rings. The molecule has 1 aromatic heterocycles. The van der Waals surface area contributed by atoms with Gasteiger partial charge < -0.3 is 0 Å². The lowest BCUT2D eigenvalue weighted by Gasteiger charge is -2.20. The van der Waals surface area contributed by atoms with E-state index in [1.807, 2.05) is 6.07 Å². The lowest BCUT2D eigenvalue weighted by atomic mass is 10.1. The van der Waals surface area contributed by atoms with Crippen LogP contribution in [0.2, 0.25) is 10.4 Å². The van der Waals surface area contributed by atoms with E-state index >= 15 is 0 Å². The third kappa shape index (κ3) is 3.11. The van der Waals surface area contributed by atoms with Crippen molar-refractivity contribution in [3.05, 3.63) is 57.6 Å². The van der Waals surface area contributed by atoms with Crippen molar-refractivity contribution < 1.29 is 0 Å². The van der Waals surface area contributed by atoms with E-state index in [0.717, 1.165) is 43.7 Å². The lowest BCUT2D eigenvalue weighted by molar-refractivity contribution is 0.258. The minimum absolute atomic E-state index is 0.232.